The van der Waals surface area contributed by atoms with Gasteiger partial charge < -0.3 is 4.74 Å². The molecule has 0 spiro atoms. The molecule has 2 atom stereocenters. The van der Waals surface area contributed by atoms with E-state index in [1.54, 1.807) is 6.92 Å². The zero-order valence-corrected chi connectivity index (χ0v) is 8.56. The Bertz CT molecular complexity index is 298. The second-order valence-electron chi connectivity index (χ2n) is 4.74. The molecule has 0 radical (unpaired) electrons. The monoisotopic (exact) mass is 204 g/mol. The number of halogens is 2. The van der Waals surface area contributed by atoms with Crippen LogP contribution in [0.15, 0.2) is 0 Å². The van der Waals surface area contributed by atoms with Crippen molar-refractivity contribution >= 4 is 5.97 Å². The van der Waals surface area contributed by atoms with Gasteiger partial charge in [-0.15, -0.1) is 0 Å². The number of carbonyl (C=O) groups is 1. The minimum Gasteiger partial charge on any atom is -0.465 e. The van der Waals surface area contributed by atoms with Crippen molar-refractivity contribution in [2.75, 3.05) is 6.61 Å². The molecule has 2 nitrogen and oxygen atoms in total. The summed E-state index contributed by atoms with van der Waals surface area (Å²) in [4.78, 5) is 11.4. The lowest BCUT2D eigenvalue weighted by atomic mass is 9.60. The number of rotatable bonds is 2. The van der Waals surface area contributed by atoms with Gasteiger partial charge in [-0.2, -0.15) is 0 Å². The fourth-order valence-corrected chi connectivity index (χ4v) is 2.81. The first-order valence-electron chi connectivity index (χ1n) is 4.87. The third-order valence-corrected chi connectivity index (χ3v) is 3.84. The van der Waals surface area contributed by atoms with Crippen molar-refractivity contribution in [1.29, 1.82) is 0 Å². The summed E-state index contributed by atoms with van der Waals surface area (Å²) in [6.45, 7) is 4.84. The second-order valence-corrected chi connectivity index (χ2v) is 4.74. The number of carbonyl (C=O) groups excluding carboxylic acids is 1. The van der Waals surface area contributed by atoms with Gasteiger partial charge in [0.2, 0.25) is 0 Å². The Morgan fingerprint density at radius 3 is 2.43 bits per heavy atom. The topological polar surface area (TPSA) is 26.3 Å². The standard InChI is InChI=1S/C10H14F2O2/c1-4-14-7(13)9-5-6(9)8(2,3)10(9,11)12/h6H,4-5H2,1-3H3/t6-,9-/m1/s1. The highest BCUT2D eigenvalue weighted by Gasteiger charge is 2.92. The van der Waals surface area contributed by atoms with E-state index in [1.165, 1.54) is 13.8 Å². The molecule has 2 rings (SSSR count). The Hall–Kier alpha value is -0.670. The summed E-state index contributed by atoms with van der Waals surface area (Å²) in [6.07, 6.45) is 0.284. The van der Waals surface area contributed by atoms with Gasteiger partial charge in [-0.25, -0.2) is 8.78 Å². The van der Waals surface area contributed by atoms with E-state index in [-0.39, 0.29) is 18.9 Å². The fourth-order valence-electron chi connectivity index (χ4n) is 2.81. The van der Waals surface area contributed by atoms with E-state index in [4.69, 9.17) is 4.74 Å². The molecule has 0 heterocycles. The van der Waals surface area contributed by atoms with Crippen LogP contribution in [0.25, 0.3) is 0 Å². The summed E-state index contributed by atoms with van der Waals surface area (Å²) in [5, 5.41) is 0. The van der Waals surface area contributed by atoms with Crippen molar-refractivity contribution in [2.24, 2.45) is 16.7 Å². The number of hydrogen-bond donors (Lipinski definition) is 0. The first kappa shape index (κ1) is 9.87. The Labute approximate surface area is 81.6 Å². The smallest absolute Gasteiger partial charge is 0.318 e. The van der Waals surface area contributed by atoms with Crippen molar-refractivity contribution in [2.45, 2.75) is 33.1 Å². The molecule has 2 aliphatic carbocycles. The van der Waals surface area contributed by atoms with Gasteiger partial charge in [0.1, 0.15) is 5.41 Å². The van der Waals surface area contributed by atoms with Gasteiger partial charge in [0.05, 0.1) is 6.61 Å². The molecule has 0 saturated heterocycles. The van der Waals surface area contributed by atoms with E-state index in [0.29, 0.717) is 0 Å². The molecule has 0 aromatic heterocycles. The van der Waals surface area contributed by atoms with Crippen LogP contribution in [0.4, 0.5) is 8.78 Å². The van der Waals surface area contributed by atoms with Crippen LogP contribution in [-0.2, 0) is 9.53 Å². The Balaban J connectivity index is 2.22. The summed E-state index contributed by atoms with van der Waals surface area (Å²) in [5.74, 6) is -3.81. The molecular weight excluding hydrogens is 190 g/mol. The number of fused-ring (bicyclic) bond motifs is 1. The quantitative estimate of drug-likeness (QED) is 0.645. The highest BCUT2D eigenvalue weighted by molar-refractivity contribution is 5.85. The molecule has 0 unspecified atom stereocenters. The molecule has 4 heteroatoms. The summed E-state index contributed by atoms with van der Waals surface area (Å²) < 4.78 is 32.1. The Morgan fingerprint density at radius 2 is 2.07 bits per heavy atom. The van der Waals surface area contributed by atoms with E-state index in [1.807, 2.05) is 0 Å². The maximum Gasteiger partial charge on any atom is 0.318 e. The predicted molar refractivity (Wildman–Crippen MR) is 45.9 cm³/mol. The number of alkyl halides is 2. The van der Waals surface area contributed by atoms with Gasteiger partial charge in [-0.1, -0.05) is 13.8 Å². The Morgan fingerprint density at radius 1 is 1.50 bits per heavy atom. The second kappa shape index (κ2) is 2.28. The summed E-state index contributed by atoms with van der Waals surface area (Å²) in [6, 6.07) is 0. The molecule has 0 amide bonds. The predicted octanol–water partition coefficient (Wildman–Crippen LogP) is 2.23. The average Bonchev–Trinajstić information content (AvgIpc) is 2.78. The molecule has 2 aliphatic rings. The van der Waals surface area contributed by atoms with Crippen LogP contribution in [0.2, 0.25) is 0 Å². The maximum absolute atomic E-state index is 13.7. The van der Waals surface area contributed by atoms with Gasteiger partial charge in [-0.05, 0) is 19.3 Å². The Kier molecular flexibility index (Phi) is 1.61. The molecule has 2 fully saturated rings. The molecular formula is C10H14F2O2. The van der Waals surface area contributed by atoms with Gasteiger partial charge in [0.15, 0.2) is 0 Å². The lowest BCUT2D eigenvalue weighted by Gasteiger charge is -2.48. The molecule has 0 N–H and O–H groups in total. The normalized spacial score (nSPS) is 40.8. The van der Waals surface area contributed by atoms with Crippen LogP contribution in [0.3, 0.4) is 0 Å². The molecule has 14 heavy (non-hydrogen) atoms. The largest absolute Gasteiger partial charge is 0.465 e. The third kappa shape index (κ3) is 0.708. The SMILES string of the molecule is CCOC(=O)[C@@]12C[C@@H]1C(C)(C)C2(F)F. The van der Waals surface area contributed by atoms with Crippen LogP contribution in [0.5, 0.6) is 0 Å². The number of ether oxygens (including phenoxy) is 1. The van der Waals surface area contributed by atoms with E-state index >= 15 is 0 Å². The molecule has 0 aromatic rings. The van der Waals surface area contributed by atoms with Crippen molar-refractivity contribution in [3.8, 4) is 0 Å². The average molecular weight is 204 g/mol. The summed E-state index contributed by atoms with van der Waals surface area (Å²) >= 11 is 0. The van der Waals surface area contributed by atoms with Crippen molar-refractivity contribution in [1.82, 2.24) is 0 Å². The van der Waals surface area contributed by atoms with Gasteiger partial charge >= 0.3 is 5.97 Å². The van der Waals surface area contributed by atoms with Crippen molar-refractivity contribution in [3.05, 3.63) is 0 Å². The molecule has 80 valence electrons. The van der Waals surface area contributed by atoms with E-state index in [9.17, 15) is 13.6 Å². The minimum atomic E-state index is -2.91. The molecule has 0 bridgehead atoms. The summed E-state index contributed by atoms with van der Waals surface area (Å²) in [5.41, 5.74) is -2.51. The van der Waals surface area contributed by atoms with Crippen molar-refractivity contribution in [3.63, 3.8) is 0 Å². The highest BCUT2D eigenvalue weighted by Crippen LogP contribution is 2.83. The fraction of sp³-hybridized carbons (Fsp3) is 0.900. The van der Waals surface area contributed by atoms with Crippen LogP contribution in [0.1, 0.15) is 27.2 Å². The highest BCUT2D eigenvalue weighted by atomic mass is 19.3. The van der Waals surface area contributed by atoms with Gasteiger partial charge in [-0.3, -0.25) is 4.79 Å². The van der Waals surface area contributed by atoms with Crippen LogP contribution in [0, 0.1) is 16.7 Å². The zero-order chi connectivity index (χ0) is 10.8. The minimum absolute atomic E-state index is 0.170. The van der Waals surface area contributed by atoms with E-state index in [2.05, 4.69) is 0 Å². The lowest BCUT2D eigenvalue weighted by Crippen LogP contribution is -2.60. The first-order valence-corrected chi connectivity index (χ1v) is 4.87. The zero-order valence-electron chi connectivity index (χ0n) is 8.56. The molecule has 2 saturated carbocycles. The molecule has 0 aliphatic heterocycles. The van der Waals surface area contributed by atoms with Crippen LogP contribution in [-0.4, -0.2) is 18.5 Å². The van der Waals surface area contributed by atoms with Crippen molar-refractivity contribution < 1.29 is 18.3 Å². The summed E-state index contributed by atoms with van der Waals surface area (Å²) in [7, 11) is 0. The first-order chi connectivity index (χ1) is 6.32. The number of esters is 1. The third-order valence-electron chi connectivity index (χ3n) is 3.84. The number of hydrogen-bond acceptors (Lipinski definition) is 2. The molecule has 0 aromatic carbocycles. The van der Waals surface area contributed by atoms with Crippen LogP contribution >= 0.6 is 0 Å². The van der Waals surface area contributed by atoms with Crippen LogP contribution < -0.4 is 0 Å². The maximum atomic E-state index is 13.7. The lowest BCUT2D eigenvalue weighted by molar-refractivity contribution is -0.247. The van der Waals surface area contributed by atoms with Gasteiger partial charge in [0.25, 0.3) is 5.92 Å². The van der Waals surface area contributed by atoms with E-state index in [0.717, 1.165) is 0 Å². The van der Waals surface area contributed by atoms with Gasteiger partial charge in [0, 0.05) is 5.41 Å². The van der Waals surface area contributed by atoms with E-state index < -0.39 is 22.7 Å².